The van der Waals surface area contributed by atoms with Crippen LogP contribution in [-0.4, -0.2) is 46.9 Å². The molecule has 1 aromatic rings. The Kier molecular flexibility index (Phi) is 4.66. The van der Waals surface area contributed by atoms with Gasteiger partial charge in [0.15, 0.2) is 12.5 Å². The maximum absolute atomic E-state index is 11.8. The molecule has 9 nitrogen and oxygen atoms in total. The summed E-state index contributed by atoms with van der Waals surface area (Å²) in [6, 6.07) is 1.44. The molecule has 0 unspecified atom stereocenters. The third-order valence-corrected chi connectivity index (χ3v) is 2.53. The van der Waals surface area contributed by atoms with E-state index in [2.05, 4.69) is 15.0 Å². The van der Waals surface area contributed by atoms with Crippen molar-refractivity contribution in [1.29, 1.82) is 0 Å². The van der Waals surface area contributed by atoms with Gasteiger partial charge in [-0.2, -0.15) is 4.98 Å². The largest absolute Gasteiger partial charge is 0.450 e. The van der Waals surface area contributed by atoms with E-state index in [-0.39, 0.29) is 25.6 Å². The summed E-state index contributed by atoms with van der Waals surface area (Å²) in [4.78, 5) is 26.7. The Bertz CT molecular complexity index is 531. The van der Waals surface area contributed by atoms with Crippen LogP contribution < -0.4 is 11.0 Å². The summed E-state index contributed by atoms with van der Waals surface area (Å²) < 4.78 is 16.3. The third-order valence-electron chi connectivity index (χ3n) is 2.53. The molecule has 2 heterocycles. The van der Waals surface area contributed by atoms with Crippen LogP contribution in [0.5, 0.6) is 0 Å². The molecule has 2 rings (SSSR count). The minimum Gasteiger partial charge on any atom is -0.450 e. The molecule has 0 spiro atoms. The molecule has 0 aliphatic carbocycles. The van der Waals surface area contributed by atoms with E-state index in [1.54, 1.807) is 6.92 Å². The molecule has 0 radical (unpaired) electrons. The lowest BCUT2D eigenvalue weighted by atomic mass is 10.5. The summed E-state index contributed by atoms with van der Waals surface area (Å²) in [5.41, 5.74) is -0.605. The van der Waals surface area contributed by atoms with Gasteiger partial charge in [-0.3, -0.25) is 9.88 Å². The van der Waals surface area contributed by atoms with Crippen molar-refractivity contribution in [2.75, 3.05) is 25.1 Å². The predicted octanol–water partition coefficient (Wildman–Crippen LogP) is -0.324. The van der Waals surface area contributed by atoms with Gasteiger partial charge in [-0.25, -0.2) is 9.59 Å². The van der Waals surface area contributed by atoms with Crippen LogP contribution in [0.15, 0.2) is 17.1 Å². The molecule has 2 atom stereocenters. The van der Waals surface area contributed by atoms with Gasteiger partial charge in [0.25, 0.3) is 0 Å². The van der Waals surface area contributed by atoms with Crippen LogP contribution >= 0.6 is 0 Å². The van der Waals surface area contributed by atoms with Gasteiger partial charge in [-0.15, -0.1) is 0 Å². The SMILES string of the molecule is CCOC(=O)Nc1ccn([C@@H]2CO[C@H](CO)O2)c(=O)n1. The maximum atomic E-state index is 11.8. The molecule has 2 N–H and O–H groups in total. The van der Waals surface area contributed by atoms with Crippen molar-refractivity contribution in [3.63, 3.8) is 0 Å². The summed E-state index contributed by atoms with van der Waals surface area (Å²) in [7, 11) is 0. The highest BCUT2D eigenvalue weighted by Crippen LogP contribution is 2.19. The number of aliphatic hydroxyl groups excluding tert-OH is 1. The molecule has 1 aliphatic rings. The van der Waals surface area contributed by atoms with Crippen molar-refractivity contribution in [3.8, 4) is 0 Å². The van der Waals surface area contributed by atoms with Crippen molar-refractivity contribution in [2.24, 2.45) is 0 Å². The van der Waals surface area contributed by atoms with Gasteiger partial charge in [-0.05, 0) is 13.0 Å². The van der Waals surface area contributed by atoms with Crippen LogP contribution in [-0.2, 0) is 14.2 Å². The highest BCUT2D eigenvalue weighted by molar-refractivity contribution is 5.83. The van der Waals surface area contributed by atoms with Crippen molar-refractivity contribution in [1.82, 2.24) is 9.55 Å². The van der Waals surface area contributed by atoms with E-state index < -0.39 is 24.3 Å². The first-order chi connectivity index (χ1) is 9.63. The van der Waals surface area contributed by atoms with E-state index in [4.69, 9.17) is 14.6 Å². The number of aliphatic hydroxyl groups is 1. The van der Waals surface area contributed by atoms with Crippen LogP contribution in [0, 0.1) is 0 Å². The minimum atomic E-state index is -0.746. The van der Waals surface area contributed by atoms with Crippen LogP contribution in [0.4, 0.5) is 10.6 Å². The molecule has 9 heteroatoms. The molecule has 0 saturated carbocycles. The molecule has 1 amide bonds. The van der Waals surface area contributed by atoms with Gasteiger partial charge < -0.3 is 19.3 Å². The molecule has 1 fully saturated rings. The lowest BCUT2D eigenvalue weighted by molar-refractivity contribution is -0.0992. The van der Waals surface area contributed by atoms with Gasteiger partial charge >= 0.3 is 11.8 Å². The Morgan fingerprint density at radius 1 is 1.70 bits per heavy atom. The van der Waals surface area contributed by atoms with Crippen LogP contribution in [0.2, 0.25) is 0 Å². The van der Waals surface area contributed by atoms with E-state index >= 15 is 0 Å². The van der Waals surface area contributed by atoms with Crippen molar-refractivity contribution in [2.45, 2.75) is 19.4 Å². The average Bonchev–Trinajstić information content (AvgIpc) is 2.87. The number of carbonyl (C=O) groups is 1. The number of hydrogen-bond donors (Lipinski definition) is 2. The Morgan fingerprint density at radius 2 is 2.50 bits per heavy atom. The lowest BCUT2D eigenvalue weighted by Crippen LogP contribution is -2.29. The fourth-order valence-corrected chi connectivity index (χ4v) is 1.66. The normalized spacial score (nSPS) is 21.7. The zero-order chi connectivity index (χ0) is 14.5. The number of nitrogens with one attached hydrogen (secondary N) is 1. The molecule has 110 valence electrons. The molecule has 1 saturated heterocycles. The monoisotopic (exact) mass is 285 g/mol. The molecule has 0 aromatic carbocycles. The predicted molar refractivity (Wildman–Crippen MR) is 66.1 cm³/mol. The average molecular weight is 285 g/mol. The molecular formula is C11H15N3O6. The quantitative estimate of drug-likeness (QED) is 0.779. The summed E-state index contributed by atoms with van der Waals surface area (Å²) in [6.07, 6.45) is -0.657. The summed E-state index contributed by atoms with van der Waals surface area (Å²) in [5, 5.41) is 11.2. The molecule has 20 heavy (non-hydrogen) atoms. The van der Waals surface area contributed by atoms with Crippen molar-refractivity contribution in [3.05, 3.63) is 22.7 Å². The van der Waals surface area contributed by atoms with E-state index in [1.807, 2.05) is 0 Å². The maximum Gasteiger partial charge on any atom is 0.412 e. The van der Waals surface area contributed by atoms with Gasteiger partial charge in [-0.1, -0.05) is 0 Å². The lowest BCUT2D eigenvalue weighted by Gasteiger charge is -2.12. The van der Waals surface area contributed by atoms with Gasteiger partial charge in [0, 0.05) is 6.20 Å². The van der Waals surface area contributed by atoms with Crippen molar-refractivity contribution < 1.29 is 24.1 Å². The highest BCUT2D eigenvalue weighted by atomic mass is 16.7. The minimum absolute atomic E-state index is 0.0855. The fourth-order valence-electron chi connectivity index (χ4n) is 1.66. The second-order valence-electron chi connectivity index (χ2n) is 3.88. The Labute approximate surface area is 114 Å². The van der Waals surface area contributed by atoms with Crippen LogP contribution in [0.25, 0.3) is 0 Å². The van der Waals surface area contributed by atoms with Crippen LogP contribution in [0.1, 0.15) is 13.2 Å². The number of carbonyl (C=O) groups excluding carboxylic acids is 1. The summed E-state index contributed by atoms with van der Waals surface area (Å²) >= 11 is 0. The fraction of sp³-hybridized carbons (Fsp3) is 0.545. The Morgan fingerprint density at radius 3 is 3.10 bits per heavy atom. The zero-order valence-electron chi connectivity index (χ0n) is 10.8. The topological polar surface area (TPSA) is 112 Å². The molecular weight excluding hydrogens is 270 g/mol. The first-order valence-corrected chi connectivity index (χ1v) is 6.05. The van der Waals surface area contributed by atoms with E-state index in [9.17, 15) is 9.59 Å². The number of anilines is 1. The van der Waals surface area contributed by atoms with E-state index in [1.165, 1.54) is 16.8 Å². The smallest absolute Gasteiger partial charge is 0.412 e. The summed E-state index contributed by atoms with van der Waals surface area (Å²) in [5.74, 6) is 0.0855. The second-order valence-corrected chi connectivity index (χ2v) is 3.88. The number of nitrogens with zero attached hydrogens (tertiary/aromatic N) is 2. The zero-order valence-corrected chi connectivity index (χ0v) is 10.8. The Hall–Kier alpha value is -1.97. The number of aromatic nitrogens is 2. The summed E-state index contributed by atoms with van der Waals surface area (Å²) in [6.45, 7) is 1.73. The molecule has 1 aromatic heterocycles. The molecule has 0 bridgehead atoms. The van der Waals surface area contributed by atoms with Crippen molar-refractivity contribution >= 4 is 11.9 Å². The van der Waals surface area contributed by atoms with E-state index in [0.29, 0.717) is 0 Å². The second kappa shape index (κ2) is 6.46. The number of rotatable bonds is 4. The standard InChI is InChI=1S/C11H15N3O6/c1-2-18-11(17)13-7-3-4-14(10(16)12-7)8-6-19-9(5-15)20-8/h3-4,8-9,15H,2,5-6H2,1H3,(H,12,13,16,17)/t8-,9-/m0/s1. The van der Waals surface area contributed by atoms with Gasteiger partial charge in [0.05, 0.1) is 19.8 Å². The van der Waals surface area contributed by atoms with Gasteiger partial charge in [0.2, 0.25) is 0 Å². The first kappa shape index (κ1) is 14.4. The first-order valence-electron chi connectivity index (χ1n) is 6.05. The molecule has 1 aliphatic heterocycles. The highest BCUT2D eigenvalue weighted by Gasteiger charge is 2.27. The number of amides is 1. The number of hydrogen-bond acceptors (Lipinski definition) is 7. The van der Waals surface area contributed by atoms with Crippen LogP contribution in [0.3, 0.4) is 0 Å². The van der Waals surface area contributed by atoms with E-state index in [0.717, 1.165) is 0 Å². The third kappa shape index (κ3) is 3.32. The Balaban J connectivity index is 2.07. The van der Waals surface area contributed by atoms with Gasteiger partial charge in [0.1, 0.15) is 5.82 Å². The number of ether oxygens (including phenoxy) is 3.